The average molecular weight is 630 g/mol. The van der Waals surface area contributed by atoms with Crippen molar-refractivity contribution in [1.29, 1.82) is 0 Å². The first-order valence-electron chi connectivity index (χ1n) is 11.6. The SMILES string of the molecule is Cc1ccc(/N=N/c2c(N)ccc3c(O)c(N=Nc4ccc(S(=O)(=O)O)cc4C(=O)O)c(S(=O)(=O)O)cc23)c(C(=O)O)c1. The number of aromatic hydroxyl groups is 1. The molecule has 0 aromatic heterocycles. The van der Waals surface area contributed by atoms with Gasteiger partial charge in [0.05, 0.1) is 21.7 Å². The van der Waals surface area contributed by atoms with E-state index in [0.29, 0.717) is 11.6 Å². The monoisotopic (exact) mass is 629 g/mol. The second-order valence-corrected chi connectivity index (χ2v) is 11.6. The molecule has 0 bridgehead atoms. The number of phenolic OH excluding ortho intramolecular Hbond substituents is 1. The molecule has 0 atom stereocenters. The van der Waals surface area contributed by atoms with E-state index in [4.69, 9.17) is 5.73 Å². The molecular formula is C25H19N5O11S2. The fraction of sp³-hybridized carbons (Fsp3) is 0.0400. The number of nitrogens with two attached hydrogens (primary N) is 1. The fourth-order valence-corrected chi connectivity index (χ4v) is 5.03. The average Bonchev–Trinajstić information content (AvgIpc) is 2.91. The van der Waals surface area contributed by atoms with Gasteiger partial charge in [-0.25, -0.2) is 9.59 Å². The van der Waals surface area contributed by atoms with Crippen LogP contribution in [-0.2, 0) is 20.2 Å². The van der Waals surface area contributed by atoms with Crippen LogP contribution >= 0.6 is 0 Å². The van der Waals surface area contributed by atoms with E-state index in [2.05, 4.69) is 20.5 Å². The van der Waals surface area contributed by atoms with Gasteiger partial charge >= 0.3 is 11.9 Å². The maximum absolute atomic E-state index is 12.3. The molecular weight excluding hydrogens is 610 g/mol. The fourth-order valence-electron chi connectivity index (χ4n) is 3.88. The summed E-state index contributed by atoms with van der Waals surface area (Å²) in [5.74, 6) is -3.83. The van der Waals surface area contributed by atoms with Crippen LogP contribution < -0.4 is 5.73 Å². The molecule has 0 heterocycles. The minimum Gasteiger partial charge on any atom is -0.505 e. The molecule has 7 N–H and O–H groups in total. The van der Waals surface area contributed by atoms with Gasteiger partial charge in [-0.2, -0.15) is 16.8 Å². The lowest BCUT2D eigenvalue weighted by Crippen LogP contribution is -2.03. The molecule has 0 saturated carbocycles. The molecule has 0 aliphatic carbocycles. The van der Waals surface area contributed by atoms with Gasteiger partial charge in [-0.3, -0.25) is 9.11 Å². The standard InChI is InChI=1S/C25H19N5O11S2/c1-11-2-6-18(15(8-11)24(32)33)27-29-21-14-10-20(43(39,40)41)22(23(31)13(14)4-5-17(21)26)30-28-19-7-3-12(42(36,37)38)9-16(19)25(34)35/h2-10,31H,26H2,1H3,(H,32,33)(H,34,35)(H,36,37,38)(H,39,40,41)/b29-27+,30-28?. The number of carbonyl (C=O) groups is 2. The molecule has 0 aliphatic rings. The predicted molar refractivity (Wildman–Crippen MR) is 150 cm³/mol. The highest BCUT2D eigenvalue weighted by molar-refractivity contribution is 7.86. The Labute approximate surface area is 242 Å². The van der Waals surface area contributed by atoms with Crippen molar-refractivity contribution in [2.45, 2.75) is 16.7 Å². The van der Waals surface area contributed by atoms with Crippen molar-refractivity contribution < 1.29 is 50.8 Å². The maximum atomic E-state index is 12.3. The predicted octanol–water partition coefficient (Wildman–Crippen LogP) is 5.16. The molecule has 43 heavy (non-hydrogen) atoms. The molecule has 4 rings (SSSR count). The number of fused-ring (bicyclic) bond motifs is 1. The van der Waals surface area contributed by atoms with E-state index in [1.807, 2.05) is 0 Å². The Morgan fingerprint density at radius 2 is 1.26 bits per heavy atom. The molecule has 0 spiro atoms. The molecule has 0 saturated heterocycles. The topological polar surface area (TPSA) is 279 Å². The highest BCUT2D eigenvalue weighted by atomic mass is 32.2. The van der Waals surface area contributed by atoms with Crippen LogP contribution in [0.25, 0.3) is 10.8 Å². The Bertz CT molecular complexity index is 2130. The van der Waals surface area contributed by atoms with Gasteiger partial charge < -0.3 is 21.1 Å². The van der Waals surface area contributed by atoms with Crippen LogP contribution in [0.2, 0.25) is 0 Å². The smallest absolute Gasteiger partial charge is 0.338 e. The first-order valence-corrected chi connectivity index (χ1v) is 14.4. The Balaban J connectivity index is 1.93. The van der Waals surface area contributed by atoms with E-state index in [1.54, 1.807) is 13.0 Å². The summed E-state index contributed by atoms with van der Waals surface area (Å²) < 4.78 is 66.6. The minimum absolute atomic E-state index is 0.0617. The Hall–Kier alpha value is -5.30. The van der Waals surface area contributed by atoms with Crippen molar-refractivity contribution >= 4 is 71.4 Å². The highest BCUT2D eigenvalue weighted by Crippen LogP contribution is 2.46. The summed E-state index contributed by atoms with van der Waals surface area (Å²) in [4.78, 5) is 21.5. The molecule has 16 nitrogen and oxygen atoms in total. The first-order chi connectivity index (χ1) is 20.0. The summed E-state index contributed by atoms with van der Waals surface area (Å²) in [5.41, 5.74) is 4.06. The molecule has 0 radical (unpaired) electrons. The summed E-state index contributed by atoms with van der Waals surface area (Å²) in [6, 6.07) is 9.94. The molecule has 0 amide bonds. The zero-order valence-corrected chi connectivity index (χ0v) is 23.2. The molecule has 4 aromatic carbocycles. The summed E-state index contributed by atoms with van der Waals surface area (Å²) in [5, 5.41) is 44.8. The van der Waals surface area contributed by atoms with Gasteiger partial charge in [-0.15, -0.1) is 20.5 Å². The van der Waals surface area contributed by atoms with Gasteiger partial charge in [0.25, 0.3) is 20.2 Å². The van der Waals surface area contributed by atoms with Gasteiger partial charge in [0.2, 0.25) is 0 Å². The van der Waals surface area contributed by atoms with E-state index in [9.17, 15) is 50.8 Å². The van der Waals surface area contributed by atoms with E-state index in [1.165, 1.54) is 24.3 Å². The number of carboxylic acids is 2. The number of aromatic carboxylic acids is 2. The highest BCUT2D eigenvalue weighted by Gasteiger charge is 2.25. The van der Waals surface area contributed by atoms with Crippen LogP contribution in [0.15, 0.2) is 84.8 Å². The van der Waals surface area contributed by atoms with E-state index < -0.39 is 64.7 Å². The zero-order valence-electron chi connectivity index (χ0n) is 21.6. The van der Waals surface area contributed by atoms with Crippen molar-refractivity contribution in [2.75, 3.05) is 5.73 Å². The number of phenols is 1. The Morgan fingerprint density at radius 1 is 0.698 bits per heavy atom. The normalized spacial score (nSPS) is 12.3. The molecule has 18 heteroatoms. The zero-order chi connectivity index (χ0) is 31.9. The van der Waals surface area contributed by atoms with Crippen molar-refractivity contribution in [2.24, 2.45) is 20.5 Å². The van der Waals surface area contributed by atoms with Crippen LogP contribution in [0.5, 0.6) is 5.75 Å². The summed E-state index contributed by atoms with van der Waals surface area (Å²) in [6.07, 6.45) is 0. The summed E-state index contributed by atoms with van der Waals surface area (Å²) in [6.45, 7) is 1.67. The number of rotatable bonds is 8. The van der Waals surface area contributed by atoms with Crippen molar-refractivity contribution in [3.8, 4) is 5.75 Å². The lowest BCUT2D eigenvalue weighted by atomic mass is 10.1. The quantitative estimate of drug-likeness (QED) is 0.0837. The number of benzene rings is 4. The molecule has 222 valence electrons. The Morgan fingerprint density at radius 3 is 1.81 bits per heavy atom. The van der Waals surface area contributed by atoms with Crippen LogP contribution in [0.3, 0.4) is 0 Å². The van der Waals surface area contributed by atoms with Crippen molar-refractivity contribution in [3.63, 3.8) is 0 Å². The molecule has 0 unspecified atom stereocenters. The second kappa shape index (κ2) is 11.2. The van der Waals surface area contributed by atoms with Gasteiger partial charge in [-0.1, -0.05) is 11.6 Å². The van der Waals surface area contributed by atoms with E-state index in [-0.39, 0.29) is 33.4 Å². The van der Waals surface area contributed by atoms with Crippen LogP contribution in [0.1, 0.15) is 26.3 Å². The van der Waals surface area contributed by atoms with Crippen molar-refractivity contribution in [1.82, 2.24) is 0 Å². The lowest BCUT2D eigenvalue weighted by Gasteiger charge is -2.12. The second-order valence-electron chi connectivity index (χ2n) is 8.83. The van der Waals surface area contributed by atoms with Gasteiger partial charge in [0.1, 0.15) is 27.6 Å². The van der Waals surface area contributed by atoms with E-state index in [0.717, 1.165) is 18.2 Å². The number of carboxylic acid groups (broad SMARTS) is 2. The Kier molecular flexibility index (Phi) is 7.97. The third kappa shape index (κ3) is 6.31. The number of hydrogen-bond donors (Lipinski definition) is 6. The third-order valence-electron chi connectivity index (χ3n) is 5.91. The van der Waals surface area contributed by atoms with Crippen molar-refractivity contribution in [3.05, 3.63) is 71.3 Å². The number of aryl methyl sites for hydroxylation is 1. The largest absolute Gasteiger partial charge is 0.505 e. The lowest BCUT2D eigenvalue weighted by molar-refractivity contribution is 0.0686. The van der Waals surface area contributed by atoms with Gasteiger partial charge in [0.15, 0.2) is 5.75 Å². The number of hydrogen-bond acceptors (Lipinski definition) is 12. The van der Waals surface area contributed by atoms with Crippen LogP contribution in [0.4, 0.5) is 28.4 Å². The summed E-state index contributed by atoms with van der Waals surface area (Å²) in [7, 11) is -9.94. The minimum atomic E-state index is -5.16. The number of anilines is 1. The van der Waals surface area contributed by atoms with Crippen LogP contribution in [0, 0.1) is 6.92 Å². The van der Waals surface area contributed by atoms with Crippen LogP contribution in [-0.4, -0.2) is 53.2 Å². The number of nitrogen functional groups attached to an aromatic ring is 1. The maximum Gasteiger partial charge on any atom is 0.338 e. The number of nitrogens with zero attached hydrogens (tertiary/aromatic N) is 4. The first kappa shape index (κ1) is 30.7. The number of azo groups is 2. The molecule has 0 aliphatic heterocycles. The third-order valence-corrected chi connectivity index (χ3v) is 7.63. The van der Waals surface area contributed by atoms with E-state index >= 15 is 0 Å². The molecule has 0 fully saturated rings. The summed E-state index contributed by atoms with van der Waals surface area (Å²) >= 11 is 0. The van der Waals surface area contributed by atoms with Gasteiger partial charge in [-0.05, 0) is 55.5 Å². The molecule has 4 aromatic rings. The van der Waals surface area contributed by atoms with Gasteiger partial charge in [0, 0.05) is 10.8 Å².